The van der Waals surface area contributed by atoms with E-state index in [1.165, 1.54) is 11.8 Å². The van der Waals surface area contributed by atoms with Crippen molar-refractivity contribution in [1.82, 2.24) is 35.0 Å². The summed E-state index contributed by atoms with van der Waals surface area (Å²) >= 11 is 1.40. The van der Waals surface area contributed by atoms with E-state index >= 15 is 0 Å². The number of hydrogen-bond donors (Lipinski definition) is 2. The van der Waals surface area contributed by atoms with E-state index in [0.29, 0.717) is 25.2 Å². The summed E-state index contributed by atoms with van der Waals surface area (Å²) in [4.78, 5) is 30.2. The molecule has 8 nitrogen and oxygen atoms in total. The molecular weight excluding hydrogens is 494 g/mol. The number of para-hydroxylation sites is 3. The molecular formula is C29H25N7OS. The van der Waals surface area contributed by atoms with Crippen LogP contribution in [0.25, 0.3) is 27.8 Å². The number of aromatic amines is 1. The van der Waals surface area contributed by atoms with Gasteiger partial charge in [-0.25, -0.2) is 19.6 Å². The highest BCUT2D eigenvalue weighted by Gasteiger charge is 2.16. The Kier molecular flexibility index (Phi) is 6.82. The molecule has 0 spiro atoms. The van der Waals surface area contributed by atoms with Crippen molar-refractivity contribution in [2.75, 3.05) is 12.3 Å². The lowest BCUT2D eigenvalue weighted by Crippen LogP contribution is -2.27. The first kappa shape index (κ1) is 23.9. The standard InChI is InChI=1S/C29H25N7OS/c37-27(30-16-15-25-32-23-13-7-8-14-24(23)33-25)19-38-29-22-18-31-36(21-11-5-2-6-12-21)28(22)34-26(35-29)17-20-9-3-1-4-10-20/h1-14,18H,15-17,19H2,(H,30,37)(H,32,33). The van der Waals surface area contributed by atoms with Gasteiger partial charge < -0.3 is 10.3 Å². The first-order chi connectivity index (χ1) is 18.7. The lowest BCUT2D eigenvalue weighted by molar-refractivity contribution is -0.118. The van der Waals surface area contributed by atoms with Gasteiger partial charge in [0.05, 0.1) is 34.1 Å². The van der Waals surface area contributed by atoms with Gasteiger partial charge in [-0.05, 0) is 29.8 Å². The van der Waals surface area contributed by atoms with Crippen LogP contribution in [0.3, 0.4) is 0 Å². The third-order valence-corrected chi connectivity index (χ3v) is 7.10. The fourth-order valence-corrected chi connectivity index (χ4v) is 5.12. The minimum Gasteiger partial charge on any atom is -0.355 e. The van der Waals surface area contributed by atoms with Gasteiger partial charge in [-0.15, -0.1) is 0 Å². The molecule has 6 aromatic rings. The van der Waals surface area contributed by atoms with Gasteiger partial charge >= 0.3 is 0 Å². The van der Waals surface area contributed by atoms with Crippen LogP contribution in [0.4, 0.5) is 0 Å². The Morgan fingerprint density at radius 1 is 0.895 bits per heavy atom. The number of imidazole rings is 1. The summed E-state index contributed by atoms with van der Waals surface area (Å²) in [5.74, 6) is 1.73. The first-order valence-electron chi connectivity index (χ1n) is 12.4. The maximum Gasteiger partial charge on any atom is 0.230 e. The van der Waals surface area contributed by atoms with E-state index in [0.717, 1.165) is 44.2 Å². The largest absolute Gasteiger partial charge is 0.355 e. The highest BCUT2D eigenvalue weighted by Crippen LogP contribution is 2.27. The van der Waals surface area contributed by atoms with Crippen molar-refractivity contribution < 1.29 is 4.79 Å². The van der Waals surface area contributed by atoms with E-state index in [1.54, 1.807) is 6.20 Å². The molecule has 0 unspecified atom stereocenters. The molecule has 0 atom stereocenters. The number of nitrogens with zero attached hydrogens (tertiary/aromatic N) is 5. The number of fused-ring (bicyclic) bond motifs is 2. The van der Waals surface area contributed by atoms with E-state index in [1.807, 2.05) is 77.5 Å². The molecule has 0 saturated carbocycles. The number of rotatable bonds is 9. The number of aromatic nitrogens is 6. The van der Waals surface area contributed by atoms with E-state index in [9.17, 15) is 4.79 Å². The second kappa shape index (κ2) is 10.9. The van der Waals surface area contributed by atoms with Gasteiger partial charge in [0, 0.05) is 19.4 Å². The summed E-state index contributed by atoms with van der Waals surface area (Å²) in [6.45, 7) is 0.504. The second-order valence-corrected chi connectivity index (χ2v) is 9.79. The van der Waals surface area contributed by atoms with Crippen molar-refractivity contribution in [3.05, 3.63) is 108 Å². The first-order valence-corrected chi connectivity index (χ1v) is 13.4. The zero-order valence-corrected chi connectivity index (χ0v) is 21.4. The van der Waals surface area contributed by atoms with Gasteiger partial charge in [0.15, 0.2) is 5.65 Å². The maximum absolute atomic E-state index is 12.7. The summed E-state index contributed by atoms with van der Waals surface area (Å²) in [5, 5.41) is 9.16. The molecule has 0 bridgehead atoms. The summed E-state index contributed by atoms with van der Waals surface area (Å²) in [6, 6.07) is 27.9. The molecule has 0 aliphatic carbocycles. The van der Waals surface area contributed by atoms with Gasteiger partial charge in [-0.1, -0.05) is 72.4 Å². The van der Waals surface area contributed by atoms with Crippen LogP contribution in [0, 0.1) is 0 Å². The molecule has 0 aliphatic rings. The minimum absolute atomic E-state index is 0.0575. The van der Waals surface area contributed by atoms with E-state index in [4.69, 9.17) is 9.97 Å². The fourth-order valence-electron chi connectivity index (χ4n) is 4.28. The Morgan fingerprint density at radius 2 is 1.66 bits per heavy atom. The van der Waals surface area contributed by atoms with Crippen LogP contribution in [-0.4, -0.2) is 47.9 Å². The Balaban J connectivity index is 1.18. The van der Waals surface area contributed by atoms with Crippen LogP contribution in [0.5, 0.6) is 0 Å². The van der Waals surface area contributed by atoms with Crippen LogP contribution in [-0.2, 0) is 17.6 Å². The molecule has 3 aromatic carbocycles. The number of amides is 1. The van der Waals surface area contributed by atoms with Crippen LogP contribution in [0.15, 0.2) is 96.2 Å². The highest BCUT2D eigenvalue weighted by molar-refractivity contribution is 8.00. The third kappa shape index (κ3) is 5.28. The molecule has 38 heavy (non-hydrogen) atoms. The number of hydrogen-bond acceptors (Lipinski definition) is 6. The lowest BCUT2D eigenvalue weighted by atomic mass is 10.1. The zero-order chi connectivity index (χ0) is 25.7. The molecule has 0 saturated heterocycles. The van der Waals surface area contributed by atoms with Crippen LogP contribution in [0.2, 0.25) is 0 Å². The van der Waals surface area contributed by atoms with Crippen molar-refractivity contribution in [1.29, 1.82) is 0 Å². The van der Waals surface area contributed by atoms with Gasteiger partial charge in [0.2, 0.25) is 5.91 Å². The Morgan fingerprint density at radius 3 is 2.47 bits per heavy atom. The number of H-pyrrole nitrogens is 1. The van der Waals surface area contributed by atoms with Crippen molar-refractivity contribution >= 4 is 39.7 Å². The average molecular weight is 520 g/mol. The topological polar surface area (TPSA) is 101 Å². The number of nitrogens with one attached hydrogen (secondary N) is 2. The van der Waals surface area contributed by atoms with Gasteiger partial charge in [-0.3, -0.25) is 4.79 Å². The molecule has 9 heteroatoms. The van der Waals surface area contributed by atoms with Crippen LogP contribution in [0.1, 0.15) is 17.2 Å². The predicted molar refractivity (Wildman–Crippen MR) is 149 cm³/mol. The van der Waals surface area contributed by atoms with Crippen molar-refractivity contribution in [3.63, 3.8) is 0 Å². The average Bonchev–Trinajstić information content (AvgIpc) is 3.57. The Labute approximate surface area is 223 Å². The van der Waals surface area contributed by atoms with Gasteiger partial charge in [-0.2, -0.15) is 5.10 Å². The maximum atomic E-state index is 12.7. The molecule has 3 heterocycles. The molecule has 0 aliphatic heterocycles. The second-order valence-electron chi connectivity index (χ2n) is 8.83. The minimum atomic E-state index is -0.0575. The molecule has 0 radical (unpaired) electrons. The van der Waals surface area contributed by atoms with E-state index in [2.05, 4.69) is 32.5 Å². The molecule has 3 aromatic heterocycles. The molecule has 188 valence electrons. The number of benzene rings is 3. The molecule has 6 rings (SSSR count). The van der Waals surface area contributed by atoms with E-state index in [-0.39, 0.29) is 11.7 Å². The van der Waals surface area contributed by atoms with Crippen LogP contribution < -0.4 is 5.32 Å². The Bertz CT molecular complexity index is 1660. The normalized spacial score (nSPS) is 11.3. The van der Waals surface area contributed by atoms with Crippen molar-refractivity contribution in [2.24, 2.45) is 0 Å². The zero-order valence-electron chi connectivity index (χ0n) is 20.5. The number of thioether (sulfide) groups is 1. The van der Waals surface area contributed by atoms with E-state index < -0.39 is 0 Å². The SMILES string of the molecule is O=C(CSc1nc(Cc2ccccc2)nc2c1cnn2-c1ccccc1)NCCc1nc2ccccc2[nH]1. The molecule has 2 N–H and O–H groups in total. The predicted octanol–water partition coefficient (Wildman–Crippen LogP) is 4.73. The summed E-state index contributed by atoms with van der Waals surface area (Å²) in [6.07, 6.45) is 3.00. The summed E-state index contributed by atoms with van der Waals surface area (Å²) < 4.78 is 1.82. The summed E-state index contributed by atoms with van der Waals surface area (Å²) in [7, 11) is 0. The highest BCUT2D eigenvalue weighted by atomic mass is 32.2. The van der Waals surface area contributed by atoms with Crippen molar-refractivity contribution in [2.45, 2.75) is 17.9 Å². The Hall–Kier alpha value is -4.50. The fraction of sp³-hybridized carbons (Fsp3) is 0.138. The summed E-state index contributed by atoms with van der Waals surface area (Å²) in [5.41, 5.74) is 4.70. The number of carbonyl (C=O) groups is 1. The third-order valence-electron chi connectivity index (χ3n) is 6.11. The quantitative estimate of drug-likeness (QED) is 0.212. The smallest absolute Gasteiger partial charge is 0.230 e. The lowest BCUT2D eigenvalue weighted by Gasteiger charge is -2.08. The monoisotopic (exact) mass is 519 g/mol. The number of carbonyl (C=O) groups excluding carboxylic acids is 1. The van der Waals surface area contributed by atoms with Gasteiger partial charge in [0.25, 0.3) is 0 Å². The van der Waals surface area contributed by atoms with Gasteiger partial charge in [0.1, 0.15) is 16.7 Å². The molecule has 0 fully saturated rings. The van der Waals surface area contributed by atoms with Crippen LogP contribution >= 0.6 is 11.8 Å². The van der Waals surface area contributed by atoms with Crippen molar-refractivity contribution in [3.8, 4) is 5.69 Å². The molecule has 1 amide bonds.